The van der Waals surface area contributed by atoms with E-state index in [0.717, 1.165) is 0 Å². The Balaban J connectivity index is 2.27. The molecule has 1 rings (SSSR count). The number of carbonyl (C=O) groups excluding carboxylic acids is 1. The highest BCUT2D eigenvalue weighted by atomic mass is 31.1. The van der Waals surface area contributed by atoms with Gasteiger partial charge in [-0.25, -0.2) is 5.06 Å². The second kappa shape index (κ2) is 7.20. The van der Waals surface area contributed by atoms with Gasteiger partial charge in [0, 0.05) is 6.54 Å². The van der Waals surface area contributed by atoms with Gasteiger partial charge in [0.25, 0.3) is 0 Å². The van der Waals surface area contributed by atoms with Crippen molar-refractivity contribution in [3.8, 4) is 0 Å². The average molecular weight is 277 g/mol. The maximum absolute atomic E-state index is 11.5. The Morgan fingerprint density at radius 3 is 2.89 bits per heavy atom. The molecule has 0 fully saturated rings. The summed E-state index contributed by atoms with van der Waals surface area (Å²) in [5.74, 6) is -0.742. The van der Waals surface area contributed by atoms with Gasteiger partial charge in [-0.15, -0.1) is 0 Å². The lowest BCUT2D eigenvalue weighted by Gasteiger charge is -2.14. The third-order valence-corrected chi connectivity index (χ3v) is 2.71. The van der Waals surface area contributed by atoms with Gasteiger partial charge in [-0.2, -0.15) is 4.89 Å². The van der Waals surface area contributed by atoms with E-state index in [0.29, 0.717) is 5.06 Å². The van der Waals surface area contributed by atoms with Crippen molar-refractivity contribution in [2.24, 2.45) is 0 Å². The highest BCUT2D eigenvalue weighted by Gasteiger charge is 2.20. The molecule has 18 heavy (non-hydrogen) atoms. The molecule has 0 radical (unpaired) electrons. The number of nitrogens with one attached hydrogen (secondary N) is 1. The zero-order chi connectivity index (χ0) is 13.5. The molecule has 0 saturated heterocycles. The van der Waals surface area contributed by atoms with Gasteiger partial charge in [0.2, 0.25) is 6.16 Å². The van der Waals surface area contributed by atoms with Gasteiger partial charge >= 0.3 is 13.9 Å². The number of hydroxylamine groups is 2. The summed E-state index contributed by atoms with van der Waals surface area (Å²) in [6, 6.07) is 2.91. The Morgan fingerprint density at radius 1 is 1.61 bits per heavy atom. The van der Waals surface area contributed by atoms with Gasteiger partial charge in [-0.05, 0) is 16.7 Å². The predicted octanol–water partition coefficient (Wildman–Crippen LogP) is -0.246. The summed E-state index contributed by atoms with van der Waals surface area (Å²) < 4.78 is 15.2. The molecule has 1 heterocycles. The number of hydrogen-bond acceptors (Lipinski definition) is 6. The molecular weight excluding hydrogens is 263 g/mol. The molecule has 4 N–H and O–H groups in total. The van der Waals surface area contributed by atoms with Crippen LogP contribution in [-0.2, 0) is 4.57 Å². The number of amides is 1. The molecule has 0 aliphatic heterocycles. The third kappa shape index (κ3) is 4.91. The Labute approximate surface area is 104 Å². The van der Waals surface area contributed by atoms with Crippen LogP contribution in [0.5, 0.6) is 0 Å². The number of hydrogen-bond donors (Lipinski definition) is 4. The molecule has 2 unspecified atom stereocenters. The molecule has 1 aromatic heterocycles. The van der Waals surface area contributed by atoms with Crippen LogP contribution >= 0.6 is 8.03 Å². The summed E-state index contributed by atoms with van der Waals surface area (Å²) in [5.41, 5.74) is 0. The van der Waals surface area contributed by atoms with Crippen molar-refractivity contribution in [2.75, 3.05) is 19.4 Å². The minimum absolute atomic E-state index is 0.0155. The first kappa shape index (κ1) is 14.7. The zero-order valence-electron chi connectivity index (χ0n) is 9.39. The minimum Gasteiger partial charge on any atom is -0.459 e. The number of rotatable bonds is 7. The van der Waals surface area contributed by atoms with E-state index in [-0.39, 0.29) is 25.1 Å². The van der Waals surface area contributed by atoms with Crippen LogP contribution in [0.15, 0.2) is 22.8 Å². The minimum atomic E-state index is -2.41. The summed E-state index contributed by atoms with van der Waals surface area (Å²) in [5, 5.41) is 21.5. The van der Waals surface area contributed by atoms with Crippen LogP contribution in [0.25, 0.3) is 0 Å². The molecule has 2 atom stereocenters. The van der Waals surface area contributed by atoms with Crippen LogP contribution in [0.1, 0.15) is 10.6 Å². The van der Waals surface area contributed by atoms with Crippen molar-refractivity contribution in [1.82, 2.24) is 10.4 Å². The zero-order valence-corrected chi connectivity index (χ0v) is 10.3. The van der Waals surface area contributed by atoms with Gasteiger partial charge in [0.05, 0.1) is 12.9 Å². The van der Waals surface area contributed by atoms with Crippen molar-refractivity contribution in [1.29, 1.82) is 0 Å². The van der Waals surface area contributed by atoms with E-state index < -0.39 is 20.0 Å². The molecule has 0 aromatic carbocycles. The number of furan rings is 1. The second-order valence-corrected chi connectivity index (χ2v) is 4.55. The van der Waals surface area contributed by atoms with E-state index in [1.54, 1.807) is 0 Å². The van der Waals surface area contributed by atoms with E-state index in [1.165, 1.54) is 18.4 Å². The SMILES string of the molecule is O=C(c1ccco1)N(O)CNCC(O)C[P+](=O)O. The Hall–Kier alpha value is -1.31. The Morgan fingerprint density at radius 2 is 2.33 bits per heavy atom. The normalized spacial score (nSPS) is 13.2. The maximum Gasteiger partial charge on any atom is 0.508 e. The summed E-state index contributed by atoms with van der Waals surface area (Å²) >= 11 is 0. The van der Waals surface area contributed by atoms with Crippen molar-refractivity contribution in [3.05, 3.63) is 24.2 Å². The first-order valence-electron chi connectivity index (χ1n) is 5.07. The number of nitrogens with zero attached hydrogens (tertiary/aromatic N) is 1. The molecule has 0 spiro atoms. The van der Waals surface area contributed by atoms with Crippen molar-refractivity contribution in [3.63, 3.8) is 0 Å². The lowest BCUT2D eigenvalue weighted by Crippen LogP contribution is -2.39. The molecule has 0 aliphatic rings. The van der Waals surface area contributed by atoms with E-state index >= 15 is 0 Å². The van der Waals surface area contributed by atoms with Crippen LogP contribution in [0.3, 0.4) is 0 Å². The van der Waals surface area contributed by atoms with Crippen molar-refractivity contribution < 1.29 is 29.0 Å². The van der Waals surface area contributed by atoms with Crippen molar-refractivity contribution in [2.45, 2.75) is 6.10 Å². The predicted molar refractivity (Wildman–Crippen MR) is 60.2 cm³/mol. The lowest BCUT2D eigenvalue weighted by atomic mass is 10.4. The van der Waals surface area contributed by atoms with E-state index in [2.05, 4.69) is 5.32 Å². The van der Waals surface area contributed by atoms with Gasteiger partial charge in [0.1, 0.15) is 6.10 Å². The topological polar surface area (TPSA) is 123 Å². The van der Waals surface area contributed by atoms with Gasteiger partial charge < -0.3 is 9.52 Å². The highest BCUT2D eigenvalue weighted by molar-refractivity contribution is 7.38. The smallest absolute Gasteiger partial charge is 0.459 e. The molecule has 9 heteroatoms. The monoisotopic (exact) mass is 277 g/mol. The van der Waals surface area contributed by atoms with Gasteiger partial charge in [0.15, 0.2) is 5.76 Å². The number of aliphatic hydroxyl groups excluding tert-OH is 1. The fraction of sp³-hybridized carbons (Fsp3) is 0.444. The van der Waals surface area contributed by atoms with E-state index in [1.807, 2.05) is 0 Å². The second-order valence-electron chi connectivity index (χ2n) is 3.48. The molecule has 1 aromatic rings. The summed E-state index contributed by atoms with van der Waals surface area (Å²) in [4.78, 5) is 20.0. The summed E-state index contributed by atoms with van der Waals surface area (Å²) in [6.45, 7) is -0.261. The van der Waals surface area contributed by atoms with Crippen LogP contribution in [-0.4, -0.2) is 51.7 Å². The largest absolute Gasteiger partial charge is 0.508 e. The Kier molecular flexibility index (Phi) is 5.90. The first-order chi connectivity index (χ1) is 8.50. The molecule has 0 saturated carbocycles. The lowest BCUT2D eigenvalue weighted by molar-refractivity contribution is -0.0660. The van der Waals surface area contributed by atoms with Crippen LogP contribution in [0, 0.1) is 0 Å². The van der Waals surface area contributed by atoms with Crippen molar-refractivity contribution >= 4 is 13.9 Å². The quantitative estimate of drug-likeness (QED) is 0.234. The Bertz CT molecular complexity index is 396. The standard InChI is InChI=1S/C9H13N2O6P/c12-7(5-18(15)16)4-10-6-11(14)9(13)8-2-1-3-17-8/h1-3,7,10,12,14H,4-6H2/p+1. The fourth-order valence-electron chi connectivity index (χ4n) is 1.18. The summed E-state index contributed by atoms with van der Waals surface area (Å²) in [6.07, 6.45) is 0.0152. The van der Waals surface area contributed by atoms with E-state index in [4.69, 9.17) is 9.31 Å². The first-order valence-corrected chi connectivity index (χ1v) is 6.47. The van der Waals surface area contributed by atoms with Gasteiger partial charge in [-0.3, -0.25) is 15.3 Å². The van der Waals surface area contributed by atoms with Gasteiger partial charge in [-0.1, -0.05) is 0 Å². The average Bonchev–Trinajstić information content (AvgIpc) is 2.80. The van der Waals surface area contributed by atoms with Crippen LogP contribution < -0.4 is 5.32 Å². The highest BCUT2D eigenvalue weighted by Crippen LogP contribution is 2.13. The molecule has 0 bridgehead atoms. The molecule has 8 nitrogen and oxygen atoms in total. The fourth-order valence-corrected chi connectivity index (χ4v) is 1.67. The molecular formula is C9H14N2O6P+. The molecule has 0 aliphatic carbocycles. The number of aliphatic hydroxyl groups is 1. The summed E-state index contributed by atoms with van der Waals surface area (Å²) in [7, 11) is -2.41. The van der Waals surface area contributed by atoms with Crippen LogP contribution in [0.2, 0.25) is 0 Å². The maximum atomic E-state index is 11.5. The third-order valence-electron chi connectivity index (χ3n) is 1.97. The molecule has 100 valence electrons. The molecule has 1 amide bonds. The number of carbonyl (C=O) groups is 1. The van der Waals surface area contributed by atoms with Crippen LogP contribution in [0.4, 0.5) is 0 Å². The van der Waals surface area contributed by atoms with E-state index in [9.17, 15) is 19.7 Å².